The van der Waals surface area contributed by atoms with Crippen molar-refractivity contribution in [3.8, 4) is 16.8 Å². The van der Waals surface area contributed by atoms with Gasteiger partial charge in [0.25, 0.3) is 0 Å². The summed E-state index contributed by atoms with van der Waals surface area (Å²) < 4.78 is 1.36. The van der Waals surface area contributed by atoms with Crippen LogP contribution >= 0.6 is 23.2 Å². The lowest BCUT2D eigenvalue weighted by Crippen LogP contribution is -2.03. The second-order valence-corrected chi connectivity index (χ2v) is 5.31. The summed E-state index contributed by atoms with van der Waals surface area (Å²) >= 11 is 12.7. The summed E-state index contributed by atoms with van der Waals surface area (Å²) in [6.45, 7) is 0. The minimum atomic E-state index is 0.0663. The fourth-order valence-electron chi connectivity index (χ4n) is 2.04. The molecule has 0 saturated heterocycles. The fraction of sp³-hybridized carbons (Fsp3) is 0. The van der Waals surface area contributed by atoms with Crippen LogP contribution in [-0.4, -0.2) is 19.7 Å². The smallest absolute Gasteiger partial charge is 0.241 e. The molecule has 0 radical (unpaired) electrons. The molecule has 0 spiro atoms. The summed E-state index contributed by atoms with van der Waals surface area (Å²) in [5.41, 5.74) is 18.8. The quantitative estimate of drug-likeness (QED) is 0.660. The topological polar surface area (TPSA) is 122 Å². The van der Waals surface area contributed by atoms with Gasteiger partial charge in [-0.3, -0.25) is 0 Å². The highest BCUT2D eigenvalue weighted by Gasteiger charge is 2.14. The van der Waals surface area contributed by atoms with E-state index in [2.05, 4.69) is 15.1 Å². The van der Waals surface area contributed by atoms with Crippen molar-refractivity contribution in [3.05, 3.63) is 40.5 Å². The molecule has 22 heavy (non-hydrogen) atoms. The Morgan fingerprint density at radius 3 is 2.18 bits per heavy atom. The molecule has 0 aliphatic heterocycles. The van der Waals surface area contributed by atoms with Crippen molar-refractivity contribution >= 4 is 40.9 Å². The second kappa shape index (κ2) is 5.36. The summed E-state index contributed by atoms with van der Waals surface area (Å²) in [6, 6.07) is 6.80. The molecule has 0 bridgehead atoms. The van der Waals surface area contributed by atoms with E-state index >= 15 is 0 Å². The van der Waals surface area contributed by atoms with Crippen LogP contribution in [0.1, 0.15) is 0 Å². The number of benzene rings is 1. The zero-order chi connectivity index (χ0) is 15.9. The van der Waals surface area contributed by atoms with E-state index in [0.29, 0.717) is 27.1 Å². The number of halogens is 2. The van der Waals surface area contributed by atoms with Gasteiger partial charge in [-0.15, -0.1) is 5.10 Å². The third-order valence-electron chi connectivity index (χ3n) is 3.00. The van der Waals surface area contributed by atoms with E-state index in [4.69, 9.17) is 40.4 Å². The summed E-state index contributed by atoms with van der Waals surface area (Å²) in [4.78, 5) is 7.87. The number of nitrogens with two attached hydrogens (primary N) is 3. The van der Waals surface area contributed by atoms with Crippen molar-refractivity contribution in [1.82, 2.24) is 19.7 Å². The Hall–Kier alpha value is -2.51. The van der Waals surface area contributed by atoms with Gasteiger partial charge < -0.3 is 17.2 Å². The van der Waals surface area contributed by atoms with Gasteiger partial charge >= 0.3 is 0 Å². The maximum atomic E-state index is 6.34. The molecule has 0 atom stereocenters. The highest BCUT2D eigenvalue weighted by Crippen LogP contribution is 2.36. The van der Waals surface area contributed by atoms with Gasteiger partial charge in [0.05, 0.1) is 15.7 Å². The minimum Gasteiger partial charge on any atom is -0.384 e. The first-order chi connectivity index (χ1) is 10.5. The van der Waals surface area contributed by atoms with Crippen LogP contribution in [0.25, 0.3) is 16.8 Å². The van der Waals surface area contributed by atoms with E-state index in [1.54, 1.807) is 30.5 Å². The molecule has 9 heteroatoms. The Labute approximate surface area is 135 Å². The summed E-state index contributed by atoms with van der Waals surface area (Å²) in [5, 5.41) is 4.83. The number of hydrogen-bond acceptors (Lipinski definition) is 6. The molecule has 0 aliphatic carbocycles. The van der Waals surface area contributed by atoms with Gasteiger partial charge in [-0.1, -0.05) is 23.2 Å². The van der Waals surface area contributed by atoms with Crippen LogP contribution < -0.4 is 17.2 Å². The third kappa shape index (κ3) is 2.51. The molecular weight excluding hydrogens is 325 g/mol. The van der Waals surface area contributed by atoms with Gasteiger partial charge in [0, 0.05) is 17.3 Å². The van der Waals surface area contributed by atoms with Gasteiger partial charge in [0.1, 0.15) is 5.82 Å². The van der Waals surface area contributed by atoms with E-state index in [-0.39, 0.29) is 11.9 Å². The maximum absolute atomic E-state index is 6.34. The Morgan fingerprint density at radius 1 is 1.00 bits per heavy atom. The highest BCUT2D eigenvalue weighted by atomic mass is 35.5. The van der Waals surface area contributed by atoms with Crippen LogP contribution in [0.3, 0.4) is 0 Å². The predicted octanol–water partition coefficient (Wildman–Crippen LogP) is 2.38. The van der Waals surface area contributed by atoms with Crippen LogP contribution in [0.5, 0.6) is 0 Å². The fourth-order valence-corrected chi connectivity index (χ4v) is 2.74. The Morgan fingerprint density at radius 2 is 1.68 bits per heavy atom. The van der Waals surface area contributed by atoms with Crippen molar-refractivity contribution < 1.29 is 0 Å². The maximum Gasteiger partial charge on any atom is 0.241 e. The van der Waals surface area contributed by atoms with Gasteiger partial charge in [-0.2, -0.15) is 9.67 Å². The van der Waals surface area contributed by atoms with E-state index in [1.807, 2.05) is 0 Å². The van der Waals surface area contributed by atoms with Crippen molar-refractivity contribution in [1.29, 1.82) is 0 Å². The molecule has 7 nitrogen and oxygen atoms in total. The number of nitrogen functional groups attached to an aromatic ring is 3. The number of hydrogen-bond donors (Lipinski definition) is 3. The Kier molecular flexibility index (Phi) is 3.51. The molecule has 2 heterocycles. The van der Waals surface area contributed by atoms with Crippen LogP contribution in [0.4, 0.5) is 17.7 Å². The monoisotopic (exact) mass is 335 g/mol. The largest absolute Gasteiger partial charge is 0.384 e. The first kappa shape index (κ1) is 14.4. The summed E-state index contributed by atoms with van der Waals surface area (Å²) in [5.74, 6) is 0.626. The molecular formula is C13H11Cl2N7. The van der Waals surface area contributed by atoms with Gasteiger partial charge in [-0.25, -0.2) is 4.98 Å². The minimum absolute atomic E-state index is 0.0663. The molecule has 0 saturated carbocycles. The van der Waals surface area contributed by atoms with Crippen LogP contribution in [0, 0.1) is 0 Å². The first-order valence-corrected chi connectivity index (χ1v) is 6.90. The number of aromatic nitrogens is 4. The van der Waals surface area contributed by atoms with Crippen LogP contribution in [0.15, 0.2) is 30.5 Å². The lowest BCUT2D eigenvalue weighted by molar-refractivity contribution is 0.896. The third-order valence-corrected chi connectivity index (χ3v) is 3.59. The Balaban J connectivity index is 2.12. The van der Waals surface area contributed by atoms with Gasteiger partial charge in [-0.05, 0) is 24.3 Å². The van der Waals surface area contributed by atoms with Crippen molar-refractivity contribution in [2.75, 3.05) is 17.2 Å². The zero-order valence-corrected chi connectivity index (χ0v) is 12.7. The van der Waals surface area contributed by atoms with E-state index in [1.165, 1.54) is 4.68 Å². The van der Waals surface area contributed by atoms with E-state index in [0.717, 1.165) is 5.56 Å². The Bertz CT molecular complexity index is 819. The van der Waals surface area contributed by atoms with Crippen molar-refractivity contribution in [2.24, 2.45) is 0 Å². The van der Waals surface area contributed by atoms with Gasteiger partial charge in [0.2, 0.25) is 11.9 Å². The normalized spacial score (nSPS) is 10.8. The summed E-state index contributed by atoms with van der Waals surface area (Å²) in [7, 11) is 0. The number of nitrogens with zero attached hydrogens (tertiary/aromatic N) is 4. The average Bonchev–Trinajstić information content (AvgIpc) is 2.79. The molecule has 2 aromatic heterocycles. The predicted molar refractivity (Wildman–Crippen MR) is 87.8 cm³/mol. The van der Waals surface area contributed by atoms with Crippen LogP contribution in [0.2, 0.25) is 10.0 Å². The van der Waals surface area contributed by atoms with Crippen LogP contribution in [-0.2, 0) is 0 Å². The molecule has 0 unspecified atom stereocenters. The average molecular weight is 336 g/mol. The molecule has 3 rings (SSSR count). The van der Waals surface area contributed by atoms with E-state index in [9.17, 15) is 0 Å². The highest BCUT2D eigenvalue weighted by molar-refractivity contribution is 6.39. The molecule has 0 aliphatic rings. The molecule has 0 fully saturated rings. The second-order valence-electron chi connectivity index (χ2n) is 4.50. The molecule has 112 valence electrons. The zero-order valence-electron chi connectivity index (χ0n) is 11.2. The van der Waals surface area contributed by atoms with Gasteiger partial charge in [0.15, 0.2) is 0 Å². The van der Waals surface area contributed by atoms with Crippen molar-refractivity contribution in [3.63, 3.8) is 0 Å². The lowest BCUT2D eigenvalue weighted by atomic mass is 10.1. The number of pyridine rings is 1. The molecule has 6 N–H and O–H groups in total. The first-order valence-electron chi connectivity index (χ1n) is 6.15. The van der Waals surface area contributed by atoms with E-state index < -0.39 is 0 Å². The number of anilines is 3. The lowest BCUT2D eigenvalue weighted by Gasteiger charge is -2.10. The SMILES string of the molecule is Nc1ccc(-c2c(Cl)cc(-n3nc(N)nc3N)cc2Cl)cn1. The summed E-state index contributed by atoms with van der Waals surface area (Å²) in [6.07, 6.45) is 1.60. The standard InChI is InChI=1S/C13H11Cl2N7/c14-8-3-7(22-13(18)20-12(17)21-22)4-9(15)11(8)6-1-2-10(16)19-5-6/h1-5H,(H2,16,19)(H4,17,18,20,21). The number of rotatable bonds is 2. The molecule has 1 aromatic carbocycles. The molecule has 3 aromatic rings. The van der Waals surface area contributed by atoms with Crippen molar-refractivity contribution in [2.45, 2.75) is 0 Å². The molecule has 0 amide bonds.